The van der Waals surface area contributed by atoms with Crippen LogP contribution in [-0.4, -0.2) is 33.0 Å². The molecule has 0 aliphatic carbocycles. The molecule has 16 heavy (non-hydrogen) atoms. The van der Waals surface area contributed by atoms with Gasteiger partial charge in [0.25, 0.3) is 0 Å². The molecule has 0 fully saturated rings. The lowest BCUT2D eigenvalue weighted by Gasteiger charge is -2.24. The second kappa shape index (κ2) is 4.41. The number of rotatable bonds is 3. The van der Waals surface area contributed by atoms with Crippen molar-refractivity contribution in [3.05, 3.63) is 18.6 Å². The quantitative estimate of drug-likeness (QED) is 0.810. The number of anilines is 1. The van der Waals surface area contributed by atoms with E-state index in [-0.39, 0.29) is 0 Å². The number of hydrogen-bond donors (Lipinski definition) is 0. The second-order valence-corrected chi connectivity index (χ2v) is 4.62. The zero-order valence-electron chi connectivity index (χ0n) is 9.68. The summed E-state index contributed by atoms with van der Waals surface area (Å²) < 4.78 is 2.01. The Morgan fingerprint density at radius 3 is 2.94 bits per heavy atom. The van der Waals surface area contributed by atoms with E-state index < -0.39 is 0 Å². The Morgan fingerprint density at radius 1 is 1.50 bits per heavy atom. The highest BCUT2D eigenvalue weighted by Crippen LogP contribution is 2.23. The Labute approximate surface area is 103 Å². The average Bonchev–Trinajstić information content (AvgIpc) is 2.69. The van der Waals surface area contributed by atoms with Crippen LogP contribution < -0.4 is 4.90 Å². The Kier molecular flexibility index (Phi) is 3.14. The molecule has 1 unspecified atom stereocenters. The summed E-state index contributed by atoms with van der Waals surface area (Å²) >= 11 is 3.49. The first-order valence-electron chi connectivity index (χ1n) is 5.20. The Balaban J connectivity index is 2.52. The number of hydrogen-bond acceptors (Lipinski definition) is 3. The van der Waals surface area contributed by atoms with Crippen molar-refractivity contribution in [2.24, 2.45) is 7.05 Å². The minimum absolute atomic E-state index is 0.389. The summed E-state index contributed by atoms with van der Waals surface area (Å²) in [5.41, 5.74) is 2.07. The van der Waals surface area contributed by atoms with E-state index >= 15 is 0 Å². The van der Waals surface area contributed by atoms with Crippen LogP contribution in [0.4, 0.5) is 5.82 Å². The number of aryl methyl sites for hydroxylation is 1. The number of fused-ring (bicyclic) bond motifs is 1. The van der Waals surface area contributed by atoms with Crippen molar-refractivity contribution in [3.63, 3.8) is 0 Å². The van der Waals surface area contributed by atoms with Gasteiger partial charge in [-0.3, -0.25) is 0 Å². The fourth-order valence-corrected chi connectivity index (χ4v) is 2.05. The van der Waals surface area contributed by atoms with E-state index in [1.54, 1.807) is 0 Å². The molecule has 0 radical (unpaired) electrons. The molecular weight excluding hydrogens is 268 g/mol. The van der Waals surface area contributed by atoms with E-state index in [4.69, 9.17) is 0 Å². The van der Waals surface area contributed by atoms with Gasteiger partial charge in [-0.1, -0.05) is 15.9 Å². The van der Waals surface area contributed by atoms with Gasteiger partial charge in [0.2, 0.25) is 0 Å². The number of aromatic nitrogens is 3. The van der Waals surface area contributed by atoms with Crippen LogP contribution >= 0.6 is 15.9 Å². The summed E-state index contributed by atoms with van der Waals surface area (Å²) in [7, 11) is 4.04. The minimum Gasteiger partial charge on any atom is -0.354 e. The number of pyridine rings is 1. The molecule has 0 saturated carbocycles. The smallest absolute Gasteiger partial charge is 0.156 e. The third kappa shape index (κ3) is 1.80. The SMILES string of the molecule is CC(CBr)N(C)c1nccc2c1ncn2C. The fourth-order valence-electron chi connectivity index (χ4n) is 1.62. The number of imidazole rings is 1. The lowest BCUT2D eigenvalue weighted by atomic mass is 10.3. The van der Waals surface area contributed by atoms with Gasteiger partial charge in [-0.15, -0.1) is 0 Å². The van der Waals surface area contributed by atoms with E-state index in [1.165, 1.54) is 0 Å². The monoisotopic (exact) mass is 282 g/mol. The molecule has 86 valence electrons. The highest BCUT2D eigenvalue weighted by atomic mass is 79.9. The third-order valence-electron chi connectivity index (χ3n) is 2.84. The van der Waals surface area contributed by atoms with Crippen LogP contribution in [-0.2, 0) is 7.05 Å². The van der Waals surface area contributed by atoms with Gasteiger partial charge >= 0.3 is 0 Å². The van der Waals surface area contributed by atoms with Gasteiger partial charge in [0, 0.05) is 31.7 Å². The van der Waals surface area contributed by atoms with Crippen LogP contribution in [0.1, 0.15) is 6.92 Å². The maximum absolute atomic E-state index is 4.42. The van der Waals surface area contributed by atoms with Gasteiger partial charge in [-0.2, -0.15) is 0 Å². The lowest BCUT2D eigenvalue weighted by molar-refractivity contribution is 0.760. The molecule has 0 amide bonds. The topological polar surface area (TPSA) is 34.0 Å². The van der Waals surface area contributed by atoms with Crippen LogP contribution in [0.2, 0.25) is 0 Å². The first-order valence-corrected chi connectivity index (χ1v) is 6.32. The van der Waals surface area contributed by atoms with Gasteiger partial charge in [0.1, 0.15) is 5.52 Å². The molecule has 2 heterocycles. The molecule has 2 aromatic heterocycles. The Hall–Kier alpha value is -1.10. The molecule has 0 bridgehead atoms. The summed E-state index contributed by atoms with van der Waals surface area (Å²) in [4.78, 5) is 11.0. The van der Waals surface area contributed by atoms with Crippen molar-refractivity contribution in [2.45, 2.75) is 13.0 Å². The summed E-state index contributed by atoms with van der Waals surface area (Å²) in [5, 5.41) is 0.911. The van der Waals surface area contributed by atoms with E-state index in [0.717, 1.165) is 22.2 Å². The van der Waals surface area contributed by atoms with Gasteiger partial charge in [0.15, 0.2) is 5.82 Å². The van der Waals surface area contributed by atoms with Gasteiger partial charge in [-0.05, 0) is 13.0 Å². The molecule has 1 atom stereocenters. The first kappa shape index (κ1) is 11.4. The molecule has 2 aromatic rings. The minimum atomic E-state index is 0.389. The number of halogens is 1. The molecule has 0 aliphatic heterocycles. The van der Waals surface area contributed by atoms with Crippen LogP contribution in [0.15, 0.2) is 18.6 Å². The zero-order chi connectivity index (χ0) is 11.7. The van der Waals surface area contributed by atoms with Gasteiger partial charge < -0.3 is 9.47 Å². The van der Waals surface area contributed by atoms with Crippen molar-refractivity contribution >= 4 is 32.8 Å². The second-order valence-electron chi connectivity index (χ2n) is 3.97. The molecule has 0 aromatic carbocycles. The van der Waals surface area contributed by atoms with Crippen molar-refractivity contribution < 1.29 is 0 Å². The predicted octanol–water partition coefficient (Wildman–Crippen LogP) is 2.19. The van der Waals surface area contributed by atoms with Crippen LogP contribution in [0.25, 0.3) is 11.0 Å². The van der Waals surface area contributed by atoms with Crippen molar-refractivity contribution in [1.29, 1.82) is 0 Å². The maximum Gasteiger partial charge on any atom is 0.156 e. The van der Waals surface area contributed by atoms with E-state index in [2.05, 4.69) is 37.7 Å². The fraction of sp³-hybridized carbons (Fsp3) is 0.455. The van der Waals surface area contributed by atoms with E-state index in [1.807, 2.05) is 37.3 Å². The standard InChI is InChI=1S/C11H15BrN4/c1-8(6-12)16(3)11-10-9(4-5-13-11)15(2)7-14-10/h4-5,7-8H,6H2,1-3H3. The van der Waals surface area contributed by atoms with E-state index in [9.17, 15) is 0 Å². The maximum atomic E-state index is 4.42. The summed E-state index contributed by atoms with van der Waals surface area (Å²) in [5.74, 6) is 0.935. The van der Waals surface area contributed by atoms with Crippen molar-refractivity contribution in [3.8, 4) is 0 Å². The van der Waals surface area contributed by atoms with Crippen LogP contribution in [0.3, 0.4) is 0 Å². The summed E-state index contributed by atoms with van der Waals surface area (Å²) in [6.07, 6.45) is 3.65. The average molecular weight is 283 g/mol. The van der Waals surface area contributed by atoms with Crippen molar-refractivity contribution in [1.82, 2.24) is 14.5 Å². The van der Waals surface area contributed by atoms with E-state index in [0.29, 0.717) is 6.04 Å². The highest BCUT2D eigenvalue weighted by Gasteiger charge is 2.14. The van der Waals surface area contributed by atoms with Gasteiger partial charge in [0.05, 0.1) is 11.8 Å². The molecule has 0 aliphatic rings. The molecule has 0 saturated heterocycles. The van der Waals surface area contributed by atoms with Gasteiger partial charge in [-0.25, -0.2) is 9.97 Å². The molecule has 2 rings (SSSR count). The third-order valence-corrected chi connectivity index (χ3v) is 3.78. The lowest BCUT2D eigenvalue weighted by Crippen LogP contribution is -2.30. The van der Waals surface area contributed by atoms with Crippen molar-refractivity contribution in [2.75, 3.05) is 17.3 Å². The zero-order valence-corrected chi connectivity index (χ0v) is 11.3. The van der Waals surface area contributed by atoms with Crippen LogP contribution in [0.5, 0.6) is 0 Å². The summed E-state index contributed by atoms with van der Waals surface area (Å²) in [6, 6.07) is 2.37. The molecule has 0 N–H and O–H groups in total. The molecule has 5 heteroatoms. The number of alkyl halides is 1. The highest BCUT2D eigenvalue weighted by molar-refractivity contribution is 9.09. The normalized spacial score (nSPS) is 13.0. The predicted molar refractivity (Wildman–Crippen MR) is 70.2 cm³/mol. The Bertz CT molecular complexity index is 494. The largest absolute Gasteiger partial charge is 0.354 e. The number of nitrogens with zero attached hydrogens (tertiary/aromatic N) is 4. The Morgan fingerprint density at radius 2 is 2.25 bits per heavy atom. The molecule has 4 nitrogen and oxygen atoms in total. The molecular formula is C11H15BrN4. The molecule has 0 spiro atoms. The first-order chi connectivity index (χ1) is 7.65. The summed E-state index contributed by atoms with van der Waals surface area (Å²) in [6.45, 7) is 2.15. The van der Waals surface area contributed by atoms with Crippen LogP contribution in [0, 0.1) is 0 Å².